The van der Waals surface area contributed by atoms with Gasteiger partial charge in [0, 0.05) is 68.3 Å². The van der Waals surface area contributed by atoms with Crippen LogP contribution in [0.3, 0.4) is 0 Å². The van der Waals surface area contributed by atoms with Gasteiger partial charge in [-0.15, -0.1) is 10.2 Å². The van der Waals surface area contributed by atoms with E-state index in [-0.39, 0.29) is 98.1 Å². The van der Waals surface area contributed by atoms with Crippen molar-refractivity contribution in [1.82, 2.24) is 61.2 Å². The number of anilines is 1. The minimum Gasteiger partial charge on any atom is -0.871 e. The minimum atomic E-state index is -1.02. The Hall–Kier alpha value is -11.4. The van der Waals surface area contributed by atoms with E-state index in [4.69, 9.17) is 48.1 Å². The van der Waals surface area contributed by atoms with E-state index in [9.17, 15) is 38.7 Å². The van der Waals surface area contributed by atoms with E-state index in [0.717, 1.165) is 46.7 Å². The summed E-state index contributed by atoms with van der Waals surface area (Å²) in [6.07, 6.45) is 11.1. The molecule has 6 N–H and O–H groups in total. The zero-order chi connectivity index (χ0) is 76.2. The molecule has 2 aliphatic carbocycles. The minimum absolute atomic E-state index is 0.137. The van der Waals surface area contributed by atoms with Crippen molar-refractivity contribution < 1.29 is 91.4 Å². The number of aliphatic carboxylic acids is 2. The fourth-order valence-corrected chi connectivity index (χ4v) is 10.8. The van der Waals surface area contributed by atoms with Crippen molar-refractivity contribution in [3.63, 3.8) is 0 Å². The SMILES string of the molecule is CCN(CCOCc1cn(CCOCCOCCOCC(=O)O)nn1)c1ccc(C2=C([O-])C(=C3C=CC(=[N+](CC)CCOCc4cn(CCOCCOCCOCC(=O)O)nn4)C=C3)C2=O)cc1.O=C1NCc2ccc(cc2)CNC(=O)c2cccc(n2)C(=O)NCc2ccc(cc2)CNC(=O)c2cccc1n2. The Morgan fingerprint density at radius 3 is 1.28 bits per heavy atom. The summed E-state index contributed by atoms with van der Waals surface area (Å²) in [5, 5.41) is 58.3. The summed E-state index contributed by atoms with van der Waals surface area (Å²) in [4.78, 5) is 95.5. The highest BCUT2D eigenvalue weighted by molar-refractivity contribution is 6.39. The number of nitrogens with zero attached hydrogens (tertiary/aromatic N) is 10. The number of carbonyl (C=O) groups is 7. The Kier molecular flexibility index (Phi) is 32.4. The van der Waals surface area contributed by atoms with E-state index in [1.807, 2.05) is 123 Å². The number of likely N-dealkylation sites (N-methyl/N-ethyl adjacent to an activating group) is 2. The topological polar surface area (TPSA) is 398 Å². The van der Waals surface area contributed by atoms with E-state index in [1.165, 1.54) is 0 Å². The molecule has 32 heteroatoms. The number of benzene rings is 3. The molecule has 0 saturated carbocycles. The van der Waals surface area contributed by atoms with Crippen LogP contribution in [0.2, 0.25) is 0 Å². The lowest BCUT2D eigenvalue weighted by atomic mass is 9.80. The molecule has 8 bridgehead atoms. The zero-order valence-electron chi connectivity index (χ0n) is 60.1. The van der Waals surface area contributed by atoms with Crippen LogP contribution in [0.25, 0.3) is 5.57 Å². The molecule has 0 atom stereocenters. The van der Waals surface area contributed by atoms with Gasteiger partial charge in [-0.1, -0.05) is 89.0 Å². The quantitative estimate of drug-likeness (QED) is 0.0186. The molecule has 0 saturated heterocycles. The molecule has 13 rings (SSSR count). The number of Topliss-reactive ketones (excluding diaryl/α,β-unsaturated/α-hetero) is 1. The van der Waals surface area contributed by atoms with Crippen molar-refractivity contribution in [2.45, 2.75) is 66.3 Å². The number of carboxylic acids is 2. The van der Waals surface area contributed by atoms with Crippen LogP contribution in [0.4, 0.5) is 5.69 Å². The number of pyridine rings is 2. The molecule has 4 aliphatic heterocycles. The number of ketones is 1. The molecular weight excluding hydrogens is 1400 g/mol. The van der Waals surface area contributed by atoms with Gasteiger partial charge in [-0.2, -0.15) is 0 Å². The number of carbonyl (C=O) groups excluding carboxylic acids is 5. The molecule has 108 heavy (non-hydrogen) atoms. The summed E-state index contributed by atoms with van der Waals surface area (Å²) in [6.45, 7) is 13.1. The van der Waals surface area contributed by atoms with Crippen LogP contribution in [0.1, 0.15) is 95.0 Å². The van der Waals surface area contributed by atoms with Crippen molar-refractivity contribution in [3.8, 4) is 0 Å². The number of hydrogen-bond acceptors (Lipinski definition) is 23. The Labute approximate surface area is 623 Å². The van der Waals surface area contributed by atoms with Gasteiger partial charge in [0.2, 0.25) is 0 Å². The number of allylic oxidation sites excluding steroid dienone is 7. The third kappa shape index (κ3) is 26.0. The molecule has 32 nitrogen and oxygen atoms in total. The molecule has 6 aliphatic rings. The first-order chi connectivity index (χ1) is 52.6. The molecule has 4 aromatic heterocycles. The number of ether oxygens (including phenoxy) is 8. The fourth-order valence-electron chi connectivity index (χ4n) is 10.8. The van der Waals surface area contributed by atoms with Gasteiger partial charge in [0.25, 0.3) is 23.6 Å². The molecule has 0 fully saturated rings. The highest BCUT2D eigenvalue weighted by Crippen LogP contribution is 2.38. The summed E-state index contributed by atoms with van der Waals surface area (Å²) in [5.74, 6) is -4.15. The van der Waals surface area contributed by atoms with Gasteiger partial charge < -0.3 is 79.4 Å². The van der Waals surface area contributed by atoms with Crippen LogP contribution in [0.5, 0.6) is 0 Å². The van der Waals surface area contributed by atoms with Crippen LogP contribution in [-0.2, 0) is 105 Å². The van der Waals surface area contributed by atoms with Crippen molar-refractivity contribution in [1.29, 1.82) is 0 Å². The second-order valence-electron chi connectivity index (χ2n) is 24.2. The van der Waals surface area contributed by atoms with E-state index in [0.29, 0.717) is 128 Å². The normalized spacial score (nSPS) is 13.9. The number of amides is 4. The van der Waals surface area contributed by atoms with E-state index in [2.05, 4.69) is 61.3 Å². The number of aromatic nitrogens is 8. The summed E-state index contributed by atoms with van der Waals surface area (Å²) < 4.78 is 48.8. The van der Waals surface area contributed by atoms with E-state index >= 15 is 0 Å². The first kappa shape index (κ1) is 80.7. The summed E-state index contributed by atoms with van der Waals surface area (Å²) in [7, 11) is 0. The van der Waals surface area contributed by atoms with Gasteiger partial charge in [0.1, 0.15) is 60.5 Å². The number of nitrogens with one attached hydrogen (secondary N) is 4. The van der Waals surface area contributed by atoms with Crippen LogP contribution in [0.15, 0.2) is 163 Å². The maximum atomic E-state index is 13.4. The molecule has 3 aromatic carbocycles. The largest absolute Gasteiger partial charge is 0.871 e. The van der Waals surface area contributed by atoms with Crippen LogP contribution in [0, 0.1) is 0 Å². The Balaban J connectivity index is 0.000000284. The maximum absolute atomic E-state index is 13.4. The van der Waals surface area contributed by atoms with Gasteiger partial charge >= 0.3 is 11.9 Å². The number of hydrogen-bond donors (Lipinski definition) is 6. The molecule has 7 aromatic rings. The van der Waals surface area contributed by atoms with Crippen LogP contribution in [-0.4, -0.2) is 220 Å². The molecule has 8 heterocycles. The number of rotatable bonds is 36. The molecule has 0 radical (unpaired) electrons. The predicted molar refractivity (Wildman–Crippen MR) is 388 cm³/mol. The van der Waals surface area contributed by atoms with Gasteiger partial charge in [-0.25, -0.2) is 33.5 Å². The molecule has 0 unspecified atom stereocenters. The lowest BCUT2D eigenvalue weighted by Gasteiger charge is -2.32. The van der Waals surface area contributed by atoms with Gasteiger partial charge in [0.05, 0.1) is 111 Å². The first-order valence-corrected chi connectivity index (χ1v) is 35.2. The van der Waals surface area contributed by atoms with Crippen molar-refractivity contribution in [2.75, 3.05) is 124 Å². The third-order valence-corrected chi connectivity index (χ3v) is 16.6. The highest BCUT2D eigenvalue weighted by Gasteiger charge is 2.31. The van der Waals surface area contributed by atoms with Crippen molar-refractivity contribution >= 4 is 58.3 Å². The summed E-state index contributed by atoms with van der Waals surface area (Å²) in [6, 6.07) is 31.6. The van der Waals surface area contributed by atoms with Gasteiger partial charge in [0.15, 0.2) is 18.0 Å². The van der Waals surface area contributed by atoms with Crippen molar-refractivity contribution in [2.24, 2.45) is 0 Å². The Morgan fingerprint density at radius 2 is 0.889 bits per heavy atom. The average molecular weight is 1490 g/mol. The molecule has 570 valence electrons. The predicted octanol–water partition coefficient (Wildman–Crippen LogP) is 3.46. The Bertz CT molecular complexity index is 4080. The van der Waals surface area contributed by atoms with Crippen LogP contribution >= 0.6 is 0 Å². The first-order valence-electron chi connectivity index (χ1n) is 35.2. The lowest BCUT2D eigenvalue weighted by Crippen LogP contribution is -2.30. The zero-order valence-corrected chi connectivity index (χ0v) is 60.1. The maximum Gasteiger partial charge on any atom is 0.329 e. The fraction of sp³-hybridized carbons (Fsp3) is 0.368. The molecule has 0 spiro atoms. The molecule has 4 amide bonds. The molecular formula is C76H88N14O18. The van der Waals surface area contributed by atoms with Crippen molar-refractivity contribution in [3.05, 3.63) is 225 Å². The average Bonchev–Trinajstić information content (AvgIpc) is 0.803. The Morgan fingerprint density at radius 1 is 0.491 bits per heavy atom. The monoisotopic (exact) mass is 1480 g/mol. The van der Waals surface area contributed by atoms with E-state index < -0.39 is 35.6 Å². The van der Waals surface area contributed by atoms with Gasteiger partial charge in [-0.05, 0) is 95.8 Å². The summed E-state index contributed by atoms with van der Waals surface area (Å²) in [5.41, 5.74) is 8.79. The third-order valence-electron chi connectivity index (χ3n) is 16.6. The number of carboxylic acid groups (broad SMARTS) is 2. The second kappa shape index (κ2) is 43.3. The summed E-state index contributed by atoms with van der Waals surface area (Å²) >= 11 is 0. The smallest absolute Gasteiger partial charge is 0.329 e. The van der Waals surface area contributed by atoms with Gasteiger partial charge in [-0.3, -0.25) is 24.0 Å². The van der Waals surface area contributed by atoms with E-state index in [1.54, 1.807) is 45.8 Å². The second-order valence-corrected chi connectivity index (χ2v) is 24.2. The lowest BCUT2D eigenvalue weighted by molar-refractivity contribution is -0.526. The van der Waals surface area contributed by atoms with Crippen LogP contribution < -0.4 is 31.3 Å². The highest BCUT2D eigenvalue weighted by atomic mass is 16.6. The standard InChI is InChI=1S/C46H62N8O14.C30H26N6O4/c1-3-51(13-17-65-31-37-29-53(49-47-37)15-19-61-21-23-63-25-27-67-33-41(55)56)39-9-5-35(6-10-39)43-45(59)44(46(43)60)36-7-11-40(12-8-36)52(4-2)14-18-66-32-38-30-54(50-48-38)16-20-62-22-24-64-26-28-68-34-42(57)58;37-27-23-3-1-4-24(35-23)28(38)32-16-20-9-13-22(14-10-20)18-34-30(40)26-6-2-5-25(36-26)29(39)33-17-21-11-7-19(8-12-21)15-31-27/h5-12,29-30H,3-4,13-28,31-34H2,1-2H3,(H2-,55,56,57,58,59,60);1-14H,15-18H2,(H,31,37)(H,32,38)(H,33,39)(H,34,40).